The number of benzene rings is 1. The van der Waals surface area contributed by atoms with Crippen molar-refractivity contribution in [2.24, 2.45) is 5.41 Å². The van der Waals surface area contributed by atoms with E-state index < -0.39 is 0 Å². The Kier molecular flexibility index (Phi) is 4.11. The molecule has 0 saturated carbocycles. The largest absolute Gasteiger partial charge is 0.496 e. The van der Waals surface area contributed by atoms with Gasteiger partial charge in [-0.3, -0.25) is 4.79 Å². The number of aryl methyl sites for hydroxylation is 2. The van der Waals surface area contributed by atoms with Crippen LogP contribution < -0.4 is 10.1 Å². The lowest BCUT2D eigenvalue weighted by Crippen LogP contribution is -2.32. The van der Waals surface area contributed by atoms with E-state index in [1.54, 1.807) is 7.11 Å². The molecule has 2 N–H and O–H groups in total. The van der Waals surface area contributed by atoms with Crippen LogP contribution in [0.4, 0.5) is 0 Å². The van der Waals surface area contributed by atoms with Gasteiger partial charge >= 0.3 is 0 Å². The molecule has 5 nitrogen and oxygen atoms in total. The fraction of sp³-hybridized carbons (Fsp3) is 0.444. The lowest BCUT2D eigenvalue weighted by molar-refractivity contribution is 0.0940. The monoisotopic (exact) mass is 313 g/mol. The first-order valence-corrected chi connectivity index (χ1v) is 7.96. The van der Waals surface area contributed by atoms with Crippen LogP contribution in [-0.2, 0) is 19.3 Å². The minimum absolute atomic E-state index is 0.0351. The second-order valence-corrected chi connectivity index (χ2v) is 6.85. The smallest absolute Gasteiger partial charge is 0.271 e. The zero-order chi connectivity index (χ0) is 16.4. The normalized spacial score (nSPS) is 16.4. The summed E-state index contributed by atoms with van der Waals surface area (Å²) in [5.74, 6) is 1.67. The van der Waals surface area contributed by atoms with Gasteiger partial charge in [-0.05, 0) is 29.9 Å². The van der Waals surface area contributed by atoms with E-state index in [2.05, 4.69) is 35.2 Å². The maximum absolute atomic E-state index is 12.2. The Balaban J connectivity index is 1.78. The van der Waals surface area contributed by atoms with Gasteiger partial charge in [0.25, 0.3) is 5.91 Å². The summed E-state index contributed by atoms with van der Waals surface area (Å²) in [4.78, 5) is 20.0. The molecule has 2 heterocycles. The second-order valence-electron chi connectivity index (χ2n) is 6.85. The number of fused-ring (bicyclic) bond motifs is 1. The first-order chi connectivity index (χ1) is 11.0. The number of imidazole rings is 1. The number of H-pyrrole nitrogens is 1. The van der Waals surface area contributed by atoms with E-state index in [9.17, 15) is 4.79 Å². The summed E-state index contributed by atoms with van der Waals surface area (Å²) in [5, 5.41) is 2.95. The van der Waals surface area contributed by atoms with E-state index in [-0.39, 0.29) is 11.3 Å². The number of nitrogens with zero attached hydrogens (tertiary/aromatic N) is 1. The number of ether oxygens (including phenoxy) is 1. The van der Waals surface area contributed by atoms with Gasteiger partial charge in [0.05, 0.1) is 7.11 Å². The zero-order valence-electron chi connectivity index (χ0n) is 13.9. The summed E-state index contributed by atoms with van der Waals surface area (Å²) in [5.41, 5.74) is 2.67. The van der Waals surface area contributed by atoms with Crippen LogP contribution in [0.2, 0.25) is 0 Å². The number of nitrogens with one attached hydrogen (secondary N) is 2. The van der Waals surface area contributed by atoms with Crippen LogP contribution in [0.3, 0.4) is 0 Å². The highest BCUT2D eigenvalue weighted by Crippen LogP contribution is 2.25. The number of aromatic nitrogens is 2. The maximum atomic E-state index is 12.2. The summed E-state index contributed by atoms with van der Waals surface area (Å²) in [6, 6.07) is 7.99. The van der Waals surface area contributed by atoms with E-state index in [0.29, 0.717) is 12.2 Å². The Morgan fingerprint density at radius 3 is 2.83 bits per heavy atom. The molecule has 0 spiro atoms. The SMILES string of the molecule is COc1ccccc1CCc1nc2c([nH]1)CC(C)(C)CNC2=O. The van der Waals surface area contributed by atoms with Gasteiger partial charge in [-0.15, -0.1) is 0 Å². The predicted octanol–water partition coefficient (Wildman–Crippen LogP) is 2.52. The third-order valence-electron chi connectivity index (χ3n) is 4.25. The third-order valence-corrected chi connectivity index (χ3v) is 4.25. The van der Waals surface area contributed by atoms with Gasteiger partial charge in [-0.25, -0.2) is 4.98 Å². The first kappa shape index (κ1) is 15.6. The molecule has 1 aliphatic heterocycles. The molecular weight excluding hydrogens is 290 g/mol. The van der Waals surface area contributed by atoms with Crippen molar-refractivity contribution in [3.63, 3.8) is 0 Å². The molecule has 0 unspecified atom stereocenters. The van der Waals surface area contributed by atoms with Crippen molar-refractivity contribution in [3.8, 4) is 5.75 Å². The number of carbonyl (C=O) groups excluding carboxylic acids is 1. The van der Waals surface area contributed by atoms with Gasteiger partial charge < -0.3 is 15.0 Å². The molecule has 0 saturated heterocycles. The van der Waals surface area contributed by atoms with Gasteiger partial charge in [-0.2, -0.15) is 0 Å². The number of hydrogen-bond donors (Lipinski definition) is 2. The van der Waals surface area contributed by atoms with Crippen molar-refractivity contribution in [1.29, 1.82) is 0 Å². The van der Waals surface area contributed by atoms with Gasteiger partial charge in [0.1, 0.15) is 17.3 Å². The molecule has 1 aliphatic rings. The minimum atomic E-state index is -0.0784. The van der Waals surface area contributed by atoms with Crippen LogP contribution in [0.1, 0.15) is 41.4 Å². The number of hydrogen-bond acceptors (Lipinski definition) is 3. The maximum Gasteiger partial charge on any atom is 0.271 e. The highest BCUT2D eigenvalue weighted by molar-refractivity contribution is 5.93. The third kappa shape index (κ3) is 3.38. The van der Waals surface area contributed by atoms with E-state index >= 15 is 0 Å². The zero-order valence-corrected chi connectivity index (χ0v) is 13.9. The molecule has 0 radical (unpaired) electrons. The summed E-state index contributed by atoms with van der Waals surface area (Å²) in [6.07, 6.45) is 2.39. The van der Waals surface area contributed by atoms with Crippen LogP contribution in [0.5, 0.6) is 5.75 Å². The molecule has 2 aromatic rings. The Labute approximate surface area is 136 Å². The minimum Gasteiger partial charge on any atom is -0.496 e. The Morgan fingerprint density at radius 1 is 1.26 bits per heavy atom. The highest BCUT2D eigenvalue weighted by atomic mass is 16.5. The quantitative estimate of drug-likeness (QED) is 0.911. The molecule has 23 heavy (non-hydrogen) atoms. The van der Waals surface area contributed by atoms with Crippen molar-refractivity contribution >= 4 is 5.91 Å². The highest BCUT2D eigenvalue weighted by Gasteiger charge is 2.29. The summed E-state index contributed by atoms with van der Waals surface area (Å²) in [6.45, 7) is 4.97. The number of carbonyl (C=O) groups is 1. The average Bonchev–Trinajstić information content (AvgIpc) is 2.88. The molecule has 1 amide bonds. The second kappa shape index (κ2) is 6.07. The van der Waals surface area contributed by atoms with Crippen molar-refractivity contribution < 1.29 is 9.53 Å². The molecule has 1 aromatic heterocycles. The van der Waals surface area contributed by atoms with Crippen LogP contribution >= 0.6 is 0 Å². The van der Waals surface area contributed by atoms with Crippen molar-refractivity contribution in [2.45, 2.75) is 33.1 Å². The van der Waals surface area contributed by atoms with Crippen LogP contribution in [-0.4, -0.2) is 29.5 Å². The molecule has 0 aliphatic carbocycles. The van der Waals surface area contributed by atoms with E-state index in [4.69, 9.17) is 4.74 Å². The standard InChI is InChI=1S/C18H23N3O2/c1-18(2)10-13-16(17(22)19-11-18)21-15(20-13)9-8-12-6-4-5-7-14(12)23-3/h4-7H,8-11H2,1-3H3,(H,19,22)(H,20,21). The topological polar surface area (TPSA) is 67.0 Å². The van der Waals surface area contributed by atoms with E-state index in [1.807, 2.05) is 18.2 Å². The molecule has 5 heteroatoms. The fourth-order valence-corrected chi connectivity index (χ4v) is 3.00. The lowest BCUT2D eigenvalue weighted by Gasteiger charge is -2.21. The van der Waals surface area contributed by atoms with Crippen molar-refractivity contribution in [2.75, 3.05) is 13.7 Å². The molecule has 1 aromatic carbocycles. The number of para-hydroxylation sites is 1. The number of rotatable bonds is 4. The predicted molar refractivity (Wildman–Crippen MR) is 88.8 cm³/mol. The molecule has 122 valence electrons. The number of aromatic amines is 1. The summed E-state index contributed by atoms with van der Waals surface area (Å²) >= 11 is 0. The van der Waals surface area contributed by atoms with Gasteiger partial charge in [0, 0.05) is 18.7 Å². The van der Waals surface area contributed by atoms with Crippen LogP contribution in [0.25, 0.3) is 0 Å². The van der Waals surface area contributed by atoms with Crippen molar-refractivity contribution in [1.82, 2.24) is 15.3 Å². The van der Waals surface area contributed by atoms with Crippen LogP contribution in [0.15, 0.2) is 24.3 Å². The van der Waals surface area contributed by atoms with E-state index in [1.165, 1.54) is 0 Å². The number of methoxy groups -OCH3 is 1. The molecule has 0 atom stereocenters. The molecule has 0 fully saturated rings. The van der Waals surface area contributed by atoms with Crippen molar-refractivity contribution in [3.05, 3.63) is 47.0 Å². The van der Waals surface area contributed by atoms with Gasteiger partial charge in [0.2, 0.25) is 0 Å². The van der Waals surface area contributed by atoms with Gasteiger partial charge in [-0.1, -0.05) is 32.0 Å². The average molecular weight is 313 g/mol. The molecule has 0 bridgehead atoms. The van der Waals surface area contributed by atoms with Crippen LogP contribution in [0, 0.1) is 5.41 Å². The lowest BCUT2D eigenvalue weighted by atomic mass is 9.88. The van der Waals surface area contributed by atoms with E-state index in [0.717, 1.165) is 42.1 Å². The van der Waals surface area contributed by atoms with Gasteiger partial charge in [0.15, 0.2) is 0 Å². The Morgan fingerprint density at radius 2 is 2.04 bits per heavy atom. The Bertz CT molecular complexity index is 719. The summed E-state index contributed by atoms with van der Waals surface area (Å²) in [7, 11) is 1.68. The molecular formula is C18H23N3O2. The summed E-state index contributed by atoms with van der Waals surface area (Å²) < 4.78 is 5.38. The first-order valence-electron chi connectivity index (χ1n) is 7.96. The number of amides is 1. The fourth-order valence-electron chi connectivity index (χ4n) is 3.00. The molecule has 3 rings (SSSR count). The Hall–Kier alpha value is -2.30.